The standard InChI is InChI=1S/C9H9N/c1-7-4-5-9-8(7)3-2-6-10-9/h2-3,5-6H,4H2,1H3. The normalized spacial score (nSPS) is 14.7. The van der Waals surface area contributed by atoms with Crippen molar-refractivity contribution in [3.8, 4) is 0 Å². The Morgan fingerprint density at radius 3 is 3.20 bits per heavy atom. The largest absolute Gasteiger partial charge is 0.257 e. The summed E-state index contributed by atoms with van der Waals surface area (Å²) < 4.78 is 0. The van der Waals surface area contributed by atoms with E-state index in [1.807, 2.05) is 12.3 Å². The van der Waals surface area contributed by atoms with Gasteiger partial charge in [-0.3, -0.25) is 4.98 Å². The summed E-state index contributed by atoms with van der Waals surface area (Å²) in [5.74, 6) is 0. The molecule has 1 aliphatic rings. The zero-order valence-corrected chi connectivity index (χ0v) is 5.96. The van der Waals surface area contributed by atoms with Crippen LogP contribution in [0.4, 0.5) is 0 Å². The van der Waals surface area contributed by atoms with Gasteiger partial charge in [0.25, 0.3) is 0 Å². The van der Waals surface area contributed by atoms with Crippen LogP contribution in [0.1, 0.15) is 13.3 Å². The number of fused-ring (bicyclic) bond motifs is 1. The van der Waals surface area contributed by atoms with E-state index in [9.17, 15) is 0 Å². The first kappa shape index (κ1) is 5.66. The van der Waals surface area contributed by atoms with Crippen molar-refractivity contribution in [3.05, 3.63) is 28.9 Å². The maximum Gasteiger partial charge on any atom is 0.0664 e. The Morgan fingerprint density at radius 1 is 1.50 bits per heavy atom. The van der Waals surface area contributed by atoms with Crippen LogP contribution < -0.4 is 10.6 Å². The van der Waals surface area contributed by atoms with Crippen molar-refractivity contribution >= 4 is 11.6 Å². The van der Waals surface area contributed by atoms with E-state index in [1.165, 1.54) is 10.8 Å². The van der Waals surface area contributed by atoms with E-state index in [2.05, 4.69) is 24.1 Å². The Balaban J connectivity index is 2.96. The molecule has 50 valence electrons. The molecule has 1 heterocycles. The van der Waals surface area contributed by atoms with Gasteiger partial charge in [-0.05, 0) is 24.6 Å². The highest BCUT2D eigenvalue weighted by atomic mass is 14.6. The number of pyridine rings is 1. The third-order valence-electron chi connectivity index (χ3n) is 1.90. The van der Waals surface area contributed by atoms with E-state index >= 15 is 0 Å². The van der Waals surface area contributed by atoms with Gasteiger partial charge in [0.15, 0.2) is 0 Å². The second-order valence-corrected chi connectivity index (χ2v) is 2.62. The molecule has 0 aromatic carbocycles. The third-order valence-corrected chi connectivity index (χ3v) is 1.90. The van der Waals surface area contributed by atoms with Crippen LogP contribution in [0, 0.1) is 0 Å². The molecule has 1 aliphatic carbocycles. The molecule has 1 nitrogen and oxygen atoms in total. The van der Waals surface area contributed by atoms with Crippen LogP contribution in [0.15, 0.2) is 18.3 Å². The van der Waals surface area contributed by atoms with Gasteiger partial charge in [-0.15, -0.1) is 0 Å². The molecule has 0 aliphatic heterocycles. The van der Waals surface area contributed by atoms with Gasteiger partial charge in [0.2, 0.25) is 0 Å². The predicted molar refractivity (Wildman–Crippen MR) is 41.7 cm³/mol. The molecule has 0 saturated carbocycles. The van der Waals surface area contributed by atoms with E-state index < -0.39 is 0 Å². The van der Waals surface area contributed by atoms with Crippen molar-refractivity contribution in [3.63, 3.8) is 0 Å². The van der Waals surface area contributed by atoms with E-state index in [-0.39, 0.29) is 0 Å². The van der Waals surface area contributed by atoms with Gasteiger partial charge in [0.05, 0.1) is 5.35 Å². The molecule has 1 aromatic heterocycles. The SMILES string of the molecule is CC1=c2cccnc2=CC1. The Bertz CT molecular complexity index is 363. The average Bonchev–Trinajstić information content (AvgIpc) is 2.34. The highest BCUT2D eigenvalue weighted by Crippen LogP contribution is 2.00. The van der Waals surface area contributed by atoms with Crippen LogP contribution in [-0.4, -0.2) is 4.98 Å². The van der Waals surface area contributed by atoms with Gasteiger partial charge < -0.3 is 0 Å². The number of hydrogen-bond acceptors (Lipinski definition) is 1. The summed E-state index contributed by atoms with van der Waals surface area (Å²) >= 11 is 0. The van der Waals surface area contributed by atoms with Gasteiger partial charge >= 0.3 is 0 Å². The van der Waals surface area contributed by atoms with Crippen molar-refractivity contribution in [1.82, 2.24) is 4.98 Å². The van der Waals surface area contributed by atoms with Crippen molar-refractivity contribution < 1.29 is 0 Å². The van der Waals surface area contributed by atoms with Crippen LogP contribution in [0.25, 0.3) is 11.6 Å². The molecule has 0 saturated heterocycles. The molecule has 0 fully saturated rings. The van der Waals surface area contributed by atoms with Gasteiger partial charge in [-0.1, -0.05) is 17.7 Å². The zero-order valence-electron chi connectivity index (χ0n) is 5.96. The highest BCUT2D eigenvalue weighted by Gasteiger charge is 1.97. The smallest absolute Gasteiger partial charge is 0.0664 e. The molecule has 0 N–H and O–H groups in total. The van der Waals surface area contributed by atoms with Gasteiger partial charge in [0.1, 0.15) is 0 Å². The summed E-state index contributed by atoms with van der Waals surface area (Å²) in [6.45, 7) is 2.16. The van der Waals surface area contributed by atoms with Crippen LogP contribution in [0.2, 0.25) is 0 Å². The summed E-state index contributed by atoms with van der Waals surface area (Å²) in [5, 5.41) is 2.47. The minimum atomic E-state index is 1.08. The maximum atomic E-state index is 4.23. The van der Waals surface area contributed by atoms with Crippen LogP contribution in [0.3, 0.4) is 0 Å². The topological polar surface area (TPSA) is 12.9 Å². The number of nitrogens with zero attached hydrogens (tertiary/aromatic N) is 1. The van der Waals surface area contributed by atoms with E-state index in [0.717, 1.165) is 11.8 Å². The first-order valence-electron chi connectivity index (χ1n) is 3.49. The van der Waals surface area contributed by atoms with Crippen molar-refractivity contribution in [2.75, 3.05) is 0 Å². The van der Waals surface area contributed by atoms with Crippen LogP contribution in [-0.2, 0) is 0 Å². The van der Waals surface area contributed by atoms with E-state index in [4.69, 9.17) is 0 Å². The van der Waals surface area contributed by atoms with E-state index in [1.54, 1.807) is 0 Å². The maximum absolute atomic E-state index is 4.23. The van der Waals surface area contributed by atoms with Crippen LogP contribution in [0.5, 0.6) is 0 Å². The zero-order chi connectivity index (χ0) is 6.97. The second-order valence-electron chi connectivity index (χ2n) is 2.62. The Hall–Kier alpha value is -1.11. The molecule has 0 bridgehead atoms. The molecular weight excluding hydrogens is 122 g/mol. The molecule has 10 heavy (non-hydrogen) atoms. The Kier molecular flexibility index (Phi) is 1.10. The fourth-order valence-corrected chi connectivity index (χ4v) is 1.30. The molecule has 0 spiro atoms. The first-order chi connectivity index (χ1) is 4.88. The molecule has 0 radical (unpaired) electrons. The second kappa shape index (κ2) is 1.94. The Morgan fingerprint density at radius 2 is 2.40 bits per heavy atom. The quantitative estimate of drug-likeness (QED) is 0.497. The lowest BCUT2D eigenvalue weighted by atomic mass is 10.2. The summed E-state index contributed by atoms with van der Waals surface area (Å²) in [6.07, 6.45) is 5.09. The lowest BCUT2D eigenvalue weighted by Crippen LogP contribution is -2.24. The molecule has 0 atom stereocenters. The summed E-state index contributed by atoms with van der Waals surface area (Å²) in [5.41, 5.74) is 1.43. The molecule has 1 aromatic rings. The number of aromatic nitrogens is 1. The summed E-state index contributed by atoms with van der Waals surface area (Å²) in [7, 11) is 0. The fraction of sp³-hybridized carbons (Fsp3) is 0.222. The van der Waals surface area contributed by atoms with Crippen molar-refractivity contribution in [1.29, 1.82) is 0 Å². The van der Waals surface area contributed by atoms with Crippen LogP contribution >= 0.6 is 0 Å². The molecular formula is C9H9N. The molecule has 0 unspecified atom stereocenters. The summed E-state index contributed by atoms with van der Waals surface area (Å²) in [4.78, 5) is 4.23. The monoisotopic (exact) mass is 131 g/mol. The average molecular weight is 131 g/mol. The molecule has 1 heteroatoms. The minimum Gasteiger partial charge on any atom is -0.257 e. The fourth-order valence-electron chi connectivity index (χ4n) is 1.30. The van der Waals surface area contributed by atoms with Gasteiger partial charge in [-0.2, -0.15) is 0 Å². The minimum absolute atomic E-state index is 1.08. The van der Waals surface area contributed by atoms with Crippen molar-refractivity contribution in [2.45, 2.75) is 13.3 Å². The lowest BCUT2D eigenvalue weighted by molar-refractivity contribution is 1.23. The first-order valence-corrected chi connectivity index (χ1v) is 3.49. The molecule has 2 rings (SSSR count). The number of hydrogen-bond donors (Lipinski definition) is 0. The highest BCUT2D eigenvalue weighted by molar-refractivity contribution is 5.55. The van der Waals surface area contributed by atoms with Gasteiger partial charge in [0, 0.05) is 6.20 Å². The van der Waals surface area contributed by atoms with Gasteiger partial charge in [-0.25, -0.2) is 0 Å². The third kappa shape index (κ3) is 0.670. The molecule has 0 amide bonds. The Labute approximate surface area is 59.7 Å². The lowest BCUT2D eigenvalue weighted by Gasteiger charge is -1.85. The predicted octanol–water partition coefficient (Wildman–Crippen LogP) is 0.436. The number of rotatable bonds is 0. The summed E-state index contributed by atoms with van der Waals surface area (Å²) in [6, 6.07) is 4.11. The van der Waals surface area contributed by atoms with Crippen molar-refractivity contribution in [2.24, 2.45) is 0 Å². The van der Waals surface area contributed by atoms with E-state index in [0.29, 0.717) is 0 Å².